The highest BCUT2D eigenvalue weighted by Gasteiger charge is 1.92. The molecule has 0 saturated heterocycles. The Morgan fingerprint density at radius 1 is 0.762 bits per heavy atom. The van der Waals surface area contributed by atoms with Gasteiger partial charge in [0.05, 0.1) is 25.9 Å². The maximum absolute atomic E-state index is 10.1. The van der Waals surface area contributed by atoms with Gasteiger partial charge >= 0.3 is 11.9 Å². The summed E-state index contributed by atoms with van der Waals surface area (Å²) in [5, 5.41) is 16.3. The number of rotatable bonds is 13. The molecule has 1 unspecified atom stereocenters. The lowest BCUT2D eigenvalue weighted by molar-refractivity contribution is -0.141. The number of aliphatic hydroxyl groups is 2. The van der Waals surface area contributed by atoms with Crippen molar-refractivity contribution >= 4 is 24.2 Å². The largest absolute Gasteiger partial charge is 0.468 e. The van der Waals surface area contributed by atoms with Gasteiger partial charge in [0.25, 0.3) is 6.47 Å². The molecule has 0 aromatic carbocycles. The Bertz CT molecular complexity index is 507. The fraction of sp³-hybridized carbons (Fsp3) is 0.875. The number of hydrogen-bond acceptors (Lipinski definition) is 10. The van der Waals surface area contributed by atoms with E-state index in [4.69, 9.17) is 14.9 Å². The molecular formula is C32H70O10. The lowest BCUT2D eigenvalue weighted by Crippen LogP contribution is -2.04. The second-order valence-electron chi connectivity index (χ2n) is 9.31. The average Bonchev–Trinajstić information content (AvgIpc) is 2.89. The molecule has 0 bridgehead atoms. The van der Waals surface area contributed by atoms with Crippen LogP contribution < -0.4 is 0 Å². The zero-order valence-electron chi connectivity index (χ0n) is 29.7. The van der Waals surface area contributed by atoms with E-state index in [0.717, 1.165) is 38.7 Å². The van der Waals surface area contributed by atoms with Crippen LogP contribution in [-0.2, 0) is 38.1 Å². The summed E-state index contributed by atoms with van der Waals surface area (Å²) in [6, 6.07) is 0. The van der Waals surface area contributed by atoms with Crippen LogP contribution in [0.1, 0.15) is 135 Å². The number of carbonyl (C=O) groups is 4. The Balaban J connectivity index is -0.0000000688. The zero-order valence-corrected chi connectivity index (χ0v) is 29.7. The maximum atomic E-state index is 10.1. The third-order valence-corrected chi connectivity index (χ3v) is 3.78. The third kappa shape index (κ3) is 144. The van der Waals surface area contributed by atoms with E-state index in [2.05, 4.69) is 48.8 Å². The van der Waals surface area contributed by atoms with Gasteiger partial charge in [0.15, 0.2) is 0 Å². The molecule has 42 heavy (non-hydrogen) atoms. The van der Waals surface area contributed by atoms with Gasteiger partial charge in [0.2, 0.25) is 0 Å². The lowest BCUT2D eigenvalue weighted by Gasteiger charge is -2.05. The molecule has 0 amide bonds. The summed E-state index contributed by atoms with van der Waals surface area (Å²) >= 11 is 0. The Kier molecular flexibility index (Phi) is 73.1. The number of Topliss-reactive ketones (excluding diaryl/α,β-unsaturated/α-hetero) is 1. The van der Waals surface area contributed by atoms with E-state index in [9.17, 15) is 19.2 Å². The second kappa shape index (κ2) is 55.0. The van der Waals surface area contributed by atoms with Gasteiger partial charge in [-0.1, -0.05) is 48.0 Å². The fourth-order valence-corrected chi connectivity index (χ4v) is 1.33. The van der Waals surface area contributed by atoms with Gasteiger partial charge in [-0.05, 0) is 73.1 Å². The van der Waals surface area contributed by atoms with Crippen molar-refractivity contribution in [2.24, 2.45) is 5.92 Å². The van der Waals surface area contributed by atoms with E-state index in [0.29, 0.717) is 51.3 Å². The van der Waals surface area contributed by atoms with Crippen LogP contribution in [0.5, 0.6) is 0 Å². The molecule has 0 aromatic heterocycles. The minimum absolute atomic E-state index is 0.167. The molecule has 10 heteroatoms. The van der Waals surface area contributed by atoms with Gasteiger partial charge in [0.1, 0.15) is 5.78 Å². The molecule has 2 N–H and O–H groups in total. The van der Waals surface area contributed by atoms with Crippen LogP contribution >= 0.6 is 0 Å². The summed E-state index contributed by atoms with van der Waals surface area (Å²) < 4.78 is 18.5. The molecule has 0 heterocycles. The molecule has 0 rings (SSSR count). The Labute approximate surface area is 259 Å². The Morgan fingerprint density at radius 2 is 1.19 bits per heavy atom. The topological polar surface area (TPSA) is 146 Å². The first kappa shape index (κ1) is 55.8. The predicted octanol–water partition coefficient (Wildman–Crippen LogP) is 6.71. The fourth-order valence-electron chi connectivity index (χ4n) is 1.33. The molecule has 0 aromatic rings. The number of ether oxygens (including phenoxy) is 4. The summed E-state index contributed by atoms with van der Waals surface area (Å²) in [4.78, 5) is 39.1. The minimum Gasteiger partial charge on any atom is -0.468 e. The Hall–Kier alpha value is -2.04. The number of ketones is 1. The molecule has 258 valence electrons. The van der Waals surface area contributed by atoms with E-state index >= 15 is 0 Å². The smallest absolute Gasteiger partial charge is 0.302 e. The highest BCUT2D eigenvalue weighted by atomic mass is 16.5. The second-order valence-corrected chi connectivity index (χ2v) is 9.31. The van der Waals surface area contributed by atoms with Crippen LogP contribution in [0.3, 0.4) is 0 Å². The molecule has 0 aliphatic rings. The van der Waals surface area contributed by atoms with Crippen molar-refractivity contribution in [2.75, 3.05) is 33.0 Å². The van der Waals surface area contributed by atoms with Gasteiger partial charge in [-0.3, -0.25) is 14.4 Å². The summed E-state index contributed by atoms with van der Waals surface area (Å²) in [5.74, 6) is 0.528. The molecule has 0 radical (unpaired) electrons. The number of unbranched alkanes of at least 4 members (excludes halogenated alkanes) is 1. The average molecular weight is 615 g/mol. The van der Waals surface area contributed by atoms with Crippen molar-refractivity contribution < 1.29 is 48.3 Å². The number of carbonyl (C=O) groups excluding carboxylic acids is 4. The predicted molar refractivity (Wildman–Crippen MR) is 172 cm³/mol. The number of esters is 2. The van der Waals surface area contributed by atoms with Gasteiger partial charge in [-0.15, -0.1) is 0 Å². The van der Waals surface area contributed by atoms with Crippen LogP contribution in [-0.4, -0.2) is 79.6 Å². The van der Waals surface area contributed by atoms with Crippen molar-refractivity contribution in [3.05, 3.63) is 0 Å². The molecular weight excluding hydrogens is 544 g/mol. The highest BCUT2D eigenvalue weighted by molar-refractivity contribution is 5.74. The van der Waals surface area contributed by atoms with E-state index in [1.807, 2.05) is 20.8 Å². The van der Waals surface area contributed by atoms with E-state index in [-0.39, 0.29) is 23.8 Å². The molecule has 0 saturated carbocycles. The SMILES string of the molecule is CC(C)CCO.CC(C)O.CCC(C)=O.CCCCOC(C)=O.CCCOC(C)=O.CCOC(C)CC.CCOC=O. The summed E-state index contributed by atoms with van der Waals surface area (Å²) in [5.41, 5.74) is 0. The van der Waals surface area contributed by atoms with Crippen molar-refractivity contribution in [1.29, 1.82) is 0 Å². The molecule has 1 atom stereocenters. The standard InChI is InChI=1S/C6H12O2.C6H14O.C5H10O2.C5H12O.C4H8O.C3H6O2.C3H8O/c1-3-4-5-8-6(2)7;1-4-6(3)7-5-2;1-3-4-7-5(2)6;1-5(2)3-4-6;1-3-4(2)5;1-2-5-3-4;1-3(2)4/h3-5H2,1-2H3;6H,4-5H2,1-3H3;3-4H2,1-2H3;5-6H,3-4H2,1-2H3;3H2,1-2H3;3H,2H2,1H3;3-4H,1-2H3. The van der Waals surface area contributed by atoms with Gasteiger partial charge < -0.3 is 34.0 Å². The Morgan fingerprint density at radius 3 is 1.31 bits per heavy atom. The van der Waals surface area contributed by atoms with Crippen LogP contribution in [0.25, 0.3) is 0 Å². The van der Waals surface area contributed by atoms with Crippen LogP contribution in [0.2, 0.25) is 0 Å². The molecule has 10 nitrogen and oxygen atoms in total. The van der Waals surface area contributed by atoms with Crippen LogP contribution in [0.4, 0.5) is 0 Å². The number of aliphatic hydroxyl groups excluding tert-OH is 2. The molecule has 0 spiro atoms. The van der Waals surface area contributed by atoms with Crippen molar-refractivity contribution in [3.8, 4) is 0 Å². The molecule has 0 aliphatic heterocycles. The van der Waals surface area contributed by atoms with Crippen LogP contribution in [0.15, 0.2) is 0 Å². The van der Waals surface area contributed by atoms with Gasteiger partial charge in [-0.2, -0.15) is 0 Å². The first-order chi connectivity index (χ1) is 19.5. The van der Waals surface area contributed by atoms with Gasteiger partial charge in [0, 0.05) is 39.6 Å². The quantitative estimate of drug-likeness (QED) is 0.0993. The summed E-state index contributed by atoms with van der Waals surface area (Å²) in [7, 11) is 0. The third-order valence-electron chi connectivity index (χ3n) is 3.78. The van der Waals surface area contributed by atoms with Crippen molar-refractivity contribution in [2.45, 2.75) is 148 Å². The van der Waals surface area contributed by atoms with E-state index in [1.165, 1.54) is 13.8 Å². The minimum atomic E-state index is -0.193. The van der Waals surface area contributed by atoms with Crippen molar-refractivity contribution in [3.63, 3.8) is 0 Å². The number of hydrogen-bond donors (Lipinski definition) is 2. The first-order valence-electron chi connectivity index (χ1n) is 15.3. The summed E-state index contributed by atoms with van der Waals surface area (Å²) in [6.07, 6.45) is 5.95. The maximum Gasteiger partial charge on any atom is 0.302 e. The van der Waals surface area contributed by atoms with Gasteiger partial charge in [-0.25, -0.2) is 0 Å². The monoisotopic (exact) mass is 614 g/mol. The highest BCUT2D eigenvalue weighted by Crippen LogP contribution is 1.95. The summed E-state index contributed by atoms with van der Waals surface area (Å²) in [6.45, 7) is 29.1. The molecule has 0 aliphatic carbocycles. The lowest BCUT2D eigenvalue weighted by atomic mass is 10.2. The normalized spacial score (nSPS) is 9.38. The van der Waals surface area contributed by atoms with E-state index in [1.54, 1.807) is 27.7 Å². The van der Waals surface area contributed by atoms with Crippen molar-refractivity contribution in [1.82, 2.24) is 0 Å². The first-order valence-corrected chi connectivity index (χ1v) is 15.3. The molecule has 0 fully saturated rings. The van der Waals surface area contributed by atoms with Crippen LogP contribution in [0, 0.1) is 5.92 Å². The zero-order chi connectivity index (χ0) is 34.8. The van der Waals surface area contributed by atoms with E-state index < -0.39 is 0 Å².